The predicted molar refractivity (Wildman–Crippen MR) is 59.2 cm³/mol. The predicted octanol–water partition coefficient (Wildman–Crippen LogP) is 0.430. The molecule has 0 atom stereocenters. The van der Waals surface area contributed by atoms with Crippen LogP contribution in [0.2, 0.25) is 0 Å². The molecule has 1 aromatic rings. The van der Waals surface area contributed by atoms with Gasteiger partial charge in [0.05, 0.1) is 17.5 Å². The number of nitrogens with zero attached hydrogens (tertiary/aromatic N) is 2. The van der Waals surface area contributed by atoms with E-state index in [1.54, 1.807) is 0 Å². The minimum atomic E-state index is -1.44. The van der Waals surface area contributed by atoms with Gasteiger partial charge < -0.3 is 10.6 Å². The van der Waals surface area contributed by atoms with Crippen LogP contribution < -0.4 is 5.73 Å². The molecule has 0 aliphatic rings. The molecule has 0 unspecified atom stereocenters. The molecule has 102 valence electrons. The molecular formula is C10H9F2N3O4. The molecule has 0 aliphatic carbocycles. The first-order chi connectivity index (χ1) is 8.73. The van der Waals surface area contributed by atoms with E-state index in [2.05, 4.69) is 0 Å². The SMILES string of the molecule is CN(CC(N)=O)C(=O)c1cc(F)c(F)cc1[N+](=O)[O-]. The molecule has 0 fully saturated rings. The van der Waals surface area contributed by atoms with E-state index in [1.165, 1.54) is 0 Å². The molecule has 0 spiro atoms. The Morgan fingerprint density at radius 1 is 1.37 bits per heavy atom. The van der Waals surface area contributed by atoms with Crippen LogP contribution in [0.4, 0.5) is 14.5 Å². The van der Waals surface area contributed by atoms with Crippen LogP contribution in [0, 0.1) is 21.7 Å². The van der Waals surface area contributed by atoms with Gasteiger partial charge in [-0.2, -0.15) is 0 Å². The number of hydrogen-bond donors (Lipinski definition) is 1. The summed E-state index contributed by atoms with van der Waals surface area (Å²) < 4.78 is 26.0. The molecule has 1 rings (SSSR count). The van der Waals surface area contributed by atoms with Crippen molar-refractivity contribution < 1.29 is 23.3 Å². The molecule has 7 nitrogen and oxygen atoms in total. The second-order valence-corrected chi connectivity index (χ2v) is 3.67. The zero-order chi connectivity index (χ0) is 14.7. The maximum Gasteiger partial charge on any atom is 0.285 e. The first-order valence-corrected chi connectivity index (χ1v) is 4.91. The number of hydrogen-bond acceptors (Lipinski definition) is 4. The molecule has 0 bridgehead atoms. The van der Waals surface area contributed by atoms with Crippen molar-refractivity contribution in [2.45, 2.75) is 0 Å². The van der Waals surface area contributed by atoms with Gasteiger partial charge in [0.2, 0.25) is 5.91 Å². The van der Waals surface area contributed by atoms with E-state index in [0.717, 1.165) is 11.9 Å². The first-order valence-electron chi connectivity index (χ1n) is 4.91. The number of nitro groups is 1. The summed E-state index contributed by atoms with van der Waals surface area (Å²) in [6.07, 6.45) is 0. The Hall–Kier alpha value is -2.58. The summed E-state index contributed by atoms with van der Waals surface area (Å²) in [5.41, 5.74) is 3.31. The van der Waals surface area contributed by atoms with Crippen molar-refractivity contribution in [1.29, 1.82) is 0 Å². The second kappa shape index (κ2) is 5.38. The summed E-state index contributed by atoms with van der Waals surface area (Å²) in [7, 11) is 1.15. The number of halogens is 2. The van der Waals surface area contributed by atoms with Gasteiger partial charge in [0.25, 0.3) is 11.6 Å². The van der Waals surface area contributed by atoms with E-state index in [0.29, 0.717) is 12.1 Å². The highest BCUT2D eigenvalue weighted by Gasteiger charge is 2.26. The fourth-order valence-electron chi connectivity index (χ4n) is 1.37. The minimum absolute atomic E-state index is 0.306. The Morgan fingerprint density at radius 2 is 1.89 bits per heavy atom. The van der Waals surface area contributed by atoms with Crippen molar-refractivity contribution in [1.82, 2.24) is 4.90 Å². The van der Waals surface area contributed by atoms with Gasteiger partial charge in [-0.3, -0.25) is 19.7 Å². The highest BCUT2D eigenvalue weighted by Crippen LogP contribution is 2.23. The van der Waals surface area contributed by atoms with Gasteiger partial charge in [-0.1, -0.05) is 0 Å². The number of nitro benzene ring substituents is 1. The Labute approximate surface area is 105 Å². The number of benzene rings is 1. The van der Waals surface area contributed by atoms with Crippen molar-refractivity contribution in [3.8, 4) is 0 Å². The molecule has 19 heavy (non-hydrogen) atoms. The van der Waals surface area contributed by atoms with Crippen molar-refractivity contribution in [2.24, 2.45) is 5.73 Å². The number of amides is 2. The lowest BCUT2D eigenvalue weighted by Gasteiger charge is -2.15. The van der Waals surface area contributed by atoms with Crippen LogP contribution in [0.1, 0.15) is 10.4 Å². The summed E-state index contributed by atoms with van der Waals surface area (Å²) in [6.45, 7) is -0.505. The average molecular weight is 273 g/mol. The molecule has 9 heteroatoms. The van der Waals surface area contributed by atoms with Crippen molar-refractivity contribution >= 4 is 17.5 Å². The fourth-order valence-corrected chi connectivity index (χ4v) is 1.37. The molecule has 0 aromatic heterocycles. The lowest BCUT2D eigenvalue weighted by Crippen LogP contribution is -2.35. The topological polar surface area (TPSA) is 107 Å². The first kappa shape index (κ1) is 14.5. The van der Waals surface area contributed by atoms with E-state index in [-0.39, 0.29) is 0 Å². The van der Waals surface area contributed by atoms with Gasteiger partial charge in [-0.05, 0) is 6.07 Å². The van der Waals surface area contributed by atoms with E-state index in [1.807, 2.05) is 0 Å². The van der Waals surface area contributed by atoms with Crippen LogP contribution in [0.3, 0.4) is 0 Å². The maximum atomic E-state index is 13.0. The summed E-state index contributed by atoms with van der Waals surface area (Å²) >= 11 is 0. The normalized spacial score (nSPS) is 10.1. The Balaban J connectivity index is 3.25. The lowest BCUT2D eigenvalue weighted by atomic mass is 10.1. The zero-order valence-corrected chi connectivity index (χ0v) is 9.72. The van der Waals surface area contributed by atoms with Crippen molar-refractivity contribution in [3.63, 3.8) is 0 Å². The van der Waals surface area contributed by atoms with Crippen molar-refractivity contribution in [2.75, 3.05) is 13.6 Å². The summed E-state index contributed by atoms with van der Waals surface area (Å²) in [5.74, 6) is -4.70. The molecule has 2 N–H and O–H groups in total. The Kier molecular flexibility index (Phi) is 4.10. The van der Waals surface area contributed by atoms with Gasteiger partial charge in [-0.15, -0.1) is 0 Å². The van der Waals surface area contributed by atoms with Gasteiger partial charge >= 0.3 is 0 Å². The third-order valence-electron chi connectivity index (χ3n) is 2.21. The third kappa shape index (κ3) is 3.21. The molecule has 2 amide bonds. The van der Waals surface area contributed by atoms with Gasteiger partial charge in [0.1, 0.15) is 5.56 Å². The number of nitrogens with two attached hydrogens (primary N) is 1. The van der Waals surface area contributed by atoms with E-state index in [4.69, 9.17) is 5.73 Å². The largest absolute Gasteiger partial charge is 0.368 e. The average Bonchev–Trinajstić information content (AvgIpc) is 2.29. The summed E-state index contributed by atoms with van der Waals surface area (Å²) in [4.78, 5) is 32.9. The third-order valence-corrected chi connectivity index (χ3v) is 2.21. The van der Waals surface area contributed by atoms with E-state index >= 15 is 0 Å². The highest BCUT2D eigenvalue weighted by molar-refractivity contribution is 5.99. The van der Waals surface area contributed by atoms with E-state index < -0.39 is 46.2 Å². The van der Waals surface area contributed by atoms with Crippen LogP contribution in [0.5, 0.6) is 0 Å². The monoisotopic (exact) mass is 273 g/mol. The number of rotatable bonds is 4. The molecular weight excluding hydrogens is 264 g/mol. The molecule has 0 saturated carbocycles. The summed E-state index contributed by atoms with van der Waals surface area (Å²) in [6, 6.07) is 0.716. The van der Waals surface area contributed by atoms with Crippen LogP contribution in [-0.4, -0.2) is 35.2 Å². The molecule has 0 heterocycles. The maximum absolute atomic E-state index is 13.0. The lowest BCUT2D eigenvalue weighted by molar-refractivity contribution is -0.385. The van der Waals surface area contributed by atoms with Gasteiger partial charge in [0.15, 0.2) is 11.6 Å². The smallest absolute Gasteiger partial charge is 0.285 e. The molecule has 0 radical (unpaired) electrons. The van der Waals surface area contributed by atoms with Crippen LogP contribution in [0.15, 0.2) is 12.1 Å². The van der Waals surface area contributed by atoms with Gasteiger partial charge in [0, 0.05) is 7.05 Å². The number of carbonyl (C=O) groups is 2. The van der Waals surface area contributed by atoms with E-state index in [9.17, 15) is 28.5 Å². The highest BCUT2D eigenvalue weighted by atomic mass is 19.2. The zero-order valence-electron chi connectivity index (χ0n) is 9.72. The van der Waals surface area contributed by atoms with Crippen LogP contribution in [0.25, 0.3) is 0 Å². The second-order valence-electron chi connectivity index (χ2n) is 3.67. The standard InChI is InChI=1S/C10H9F2N3O4/c1-14(4-9(13)16)10(17)5-2-6(11)7(12)3-8(5)15(18)19/h2-3H,4H2,1H3,(H2,13,16). The number of likely N-dealkylation sites (N-methyl/N-ethyl adjacent to an activating group) is 1. The van der Waals surface area contributed by atoms with Crippen LogP contribution in [-0.2, 0) is 4.79 Å². The molecule has 0 saturated heterocycles. The molecule has 1 aromatic carbocycles. The quantitative estimate of drug-likeness (QED) is 0.634. The Bertz CT molecular complexity index is 562. The minimum Gasteiger partial charge on any atom is -0.368 e. The summed E-state index contributed by atoms with van der Waals surface area (Å²) in [5, 5.41) is 10.7. The Morgan fingerprint density at radius 3 is 2.37 bits per heavy atom. The fraction of sp³-hybridized carbons (Fsp3) is 0.200. The number of carbonyl (C=O) groups excluding carboxylic acids is 2. The molecule has 0 aliphatic heterocycles. The van der Waals surface area contributed by atoms with Crippen LogP contribution >= 0.6 is 0 Å². The number of primary amides is 1. The van der Waals surface area contributed by atoms with Gasteiger partial charge in [-0.25, -0.2) is 8.78 Å². The van der Waals surface area contributed by atoms with Crippen molar-refractivity contribution in [3.05, 3.63) is 39.4 Å².